The van der Waals surface area contributed by atoms with Crippen molar-refractivity contribution in [1.82, 2.24) is 4.90 Å². The third-order valence-electron chi connectivity index (χ3n) is 6.72. The number of likely N-dealkylation sites (tertiary alicyclic amines) is 1. The van der Waals surface area contributed by atoms with Crippen LogP contribution in [0.15, 0.2) is 61.2 Å². The zero-order chi connectivity index (χ0) is 37.1. The lowest BCUT2D eigenvalue weighted by molar-refractivity contribution is -0.382. The molecule has 3 rings (SSSR count). The minimum Gasteiger partial charge on any atom is -0.494 e. The van der Waals surface area contributed by atoms with Crippen molar-refractivity contribution in [2.45, 2.75) is 61.6 Å². The number of halogens is 12. The number of hydrogen-bond donors (Lipinski definition) is 0. The number of ether oxygens (including phenoxy) is 4. The SMILES string of the molecule is C=CC(=O)OCCCCCCOc1ccc(C(=O)Oc2ccc(OC(=O)C(F)(N3C(F)(F)C(F)(F)C(F)(F)C3(F)F)C(F)(F)F)cc2)cc1. The predicted molar refractivity (Wildman–Crippen MR) is 140 cm³/mol. The fraction of sp³-hybridized carbons (Fsp3) is 0.414. The van der Waals surface area contributed by atoms with E-state index in [1.165, 1.54) is 24.3 Å². The molecule has 49 heavy (non-hydrogen) atoms. The molecule has 1 atom stereocenters. The Hall–Kier alpha value is -4.49. The molecule has 0 radical (unpaired) electrons. The number of carbonyl (C=O) groups excluding carboxylic acids is 3. The Balaban J connectivity index is 1.61. The summed E-state index contributed by atoms with van der Waals surface area (Å²) in [7, 11) is 0. The topological polar surface area (TPSA) is 91.4 Å². The summed E-state index contributed by atoms with van der Waals surface area (Å²) in [4.78, 5) is 31.9. The summed E-state index contributed by atoms with van der Waals surface area (Å²) < 4.78 is 185. The number of carbonyl (C=O) groups is 3. The second kappa shape index (κ2) is 14.2. The van der Waals surface area contributed by atoms with E-state index in [0.717, 1.165) is 18.9 Å². The van der Waals surface area contributed by atoms with Crippen molar-refractivity contribution in [3.63, 3.8) is 0 Å². The molecule has 1 heterocycles. The van der Waals surface area contributed by atoms with Crippen LogP contribution in [0.3, 0.4) is 0 Å². The van der Waals surface area contributed by atoms with Crippen molar-refractivity contribution < 1.29 is 86.0 Å². The van der Waals surface area contributed by atoms with Gasteiger partial charge < -0.3 is 18.9 Å². The molecule has 0 bridgehead atoms. The average Bonchev–Trinajstić information content (AvgIpc) is 3.09. The van der Waals surface area contributed by atoms with Gasteiger partial charge in [-0.3, -0.25) is 0 Å². The van der Waals surface area contributed by atoms with Gasteiger partial charge in [0.25, 0.3) is 0 Å². The lowest BCUT2D eigenvalue weighted by atomic mass is 10.2. The summed E-state index contributed by atoms with van der Waals surface area (Å²) in [6.07, 6.45) is -3.35. The van der Waals surface area contributed by atoms with Gasteiger partial charge in [0, 0.05) is 6.08 Å². The van der Waals surface area contributed by atoms with Crippen LogP contribution in [0.4, 0.5) is 52.7 Å². The van der Waals surface area contributed by atoms with E-state index in [0.29, 0.717) is 49.5 Å². The van der Waals surface area contributed by atoms with Crippen molar-refractivity contribution in [3.8, 4) is 17.2 Å². The van der Waals surface area contributed by atoms with E-state index in [-0.39, 0.29) is 12.2 Å². The van der Waals surface area contributed by atoms with Gasteiger partial charge in [0.15, 0.2) is 0 Å². The monoisotopic (exact) mass is 725 g/mol. The molecule has 2 aromatic rings. The summed E-state index contributed by atoms with van der Waals surface area (Å²) in [5.41, 5.74) is -0.0506. The molecule has 1 fully saturated rings. The Bertz CT molecular complexity index is 1490. The lowest BCUT2D eigenvalue weighted by Gasteiger charge is -2.38. The van der Waals surface area contributed by atoms with Gasteiger partial charge in [-0.25, -0.2) is 18.8 Å². The van der Waals surface area contributed by atoms with Gasteiger partial charge in [0.05, 0.1) is 18.8 Å². The molecule has 8 nitrogen and oxygen atoms in total. The fourth-order valence-corrected chi connectivity index (χ4v) is 4.14. The van der Waals surface area contributed by atoms with E-state index in [2.05, 4.69) is 11.3 Å². The molecule has 0 spiro atoms. The number of esters is 3. The third kappa shape index (κ3) is 7.42. The largest absolute Gasteiger partial charge is 0.494 e. The standard InChI is InChI=1S/C29H23F12NO7/c1-2-21(43)47-16-6-4-3-5-15-46-18-9-7-17(8-10-18)22(44)48-19-11-13-20(14-12-19)49-23(45)24(30,27(35,36)37)42-28(38,39)25(31,32)26(33,34)29(42,40)41/h2,7-14H,1,3-6,15-16H2. The van der Waals surface area contributed by atoms with E-state index in [1.807, 2.05) is 0 Å². The maximum absolute atomic E-state index is 15.0. The zero-order valence-electron chi connectivity index (χ0n) is 24.5. The molecule has 0 aromatic heterocycles. The van der Waals surface area contributed by atoms with E-state index < -0.39 is 70.2 Å². The Morgan fingerprint density at radius 2 is 1.12 bits per heavy atom. The smallest absolute Gasteiger partial charge is 0.448 e. The van der Waals surface area contributed by atoms with E-state index in [9.17, 15) is 62.7 Å². The van der Waals surface area contributed by atoms with Gasteiger partial charge in [-0.15, -0.1) is 4.90 Å². The molecule has 20 heteroatoms. The van der Waals surface area contributed by atoms with E-state index >= 15 is 4.39 Å². The van der Waals surface area contributed by atoms with Crippen LogP contribution >= 0.6 is 0 Å². The molecule has 0 N–H and O–H groups in total. The zero-order valence-corrected chi connectivity index (χ0v) is 24.5. The van der Waals surface area contributed by atoms with Gasteiger partial charge in [0.2, 0.25) is 0 Å². The van der Waals surface area contributed by atoms with Crippen molar-refractivity contribution >= 4 is 17.9 Å². The second-order valence-electron chi connectivity index (χ2n) is 10.1. The van der Waals surface area contributed by atoms with Crippen molar-refractivity contribution in [2.24, 2.45) is 0 Å². The van der Waals surface area contributed by atoms with Crippen LogP contribution in [-0.4, -0.2) is 71.9 Å². The molecule has 1 unspecified atom stereocenters. The quantitative estimate of drug-likeness (QED) is 0.0495. The highest BCUT2D eigenvalue weighted by Crippen LogP contribution is 2.66. The molecular weight excluding hydrogens is 702 g/mol. The third-order valence-corrected chi connectivity index (χ3v) is 6.72. The lowest BCUT2D eigenvalue weighted by Crippen LogP contribution is -2.70. The minimum atomic E-state index is -7.28. The first-order valence-electron chi connectivity index (χ1n) is 13.7. The van der Waals surface area contributed by atoms with Crippen LogP contribution in [0.1, 0.15) is 36.0 Å². The molecule has 270 valence electrons. The maximum atomic E-state index is 15.0. The number of rotatable bonds is 14. The van der Waals surface area contributed by atoms with Crippen molar-refractivity contribution in [1.29, 1.82) is 0 Å². The first kappa shape index (κ1) is 39.0. The van der Waals surface area contributed by atoms with E-state index in [4.69, 9.17) is 14.2 Å². The maximum Gasteiger partial charge on any atom is 0.448 e. The summed E-state index contributed by atoms with van der Waals surface area (Å²) >= 11 is 0. The van der Waals surface area contributed by atoms with E-state index in [1.54, 1.807) is 0 Å². The first-order valence-corrected chi connectivity index (χ1v) is 13.7. The fourth-order valence-electron chi connectivity index (χ4n) is 4.14. The normalized spacial score (nSPS) is 18.9. The Labute approximate surface area is 268 Å². The molecule has 1 aliphatic heterocycles. The number of nitrogens with zero attached hydrogens (tertiary/aromatic N) is 1. The van der Waals surface area contributed by atoms with Gasteiger partial charge >= 0.3 is 53.8 Å². The molecule has 1 saturated heterocycles. The van der Waals surface area contributed by atoms with Crippen LogP contribution in [0, 0.1) is 0 Å². The van der Waals surface area contributed by atoms with Gasteiger partial charge in [-0.05, 0) is 74.2 Å². The number of unbranched alkanes of at least 4 members (excludes halogenated alkanes) is 3. The predicted octanol–water partition coefficient (Wildman–Crippen LogP) is 7.48. The van der Waals surface area contributed by atoms with Crippen molar-refractivity contribution in [3.05, 3.63) is 66.7 Å². The van der Waals surface area contributed by atoms with Crippen LogP contribution in [-0.2, 0) is 14.3 Å². The molecule has 2 aromatic carbocycles. The summed E-state index contributed by atoms with van der Waals surface area (Å²) in [6, 6.07) is -6.85. The highest BCUT2D eigenvalue weighted by atomic mass is 19.4. The summed E-state index contributed by atoms with van der Waals surface area (Å²) in [5.74, 6) is -28.0. The Morgan fingerprint density at radius 1 is 0.673 bits per heavy atom. The highest BCUT2D eigenvalue weighted by Gasteiger charge is 2.98. The van der Waals surface area contributed by atoms with Gasteiger partial charge in [-0.1, -0.05) is 6.58 Å². The second-order valence-corrected chi connectivity index (χ2v) is 10.1. The highest BCUT2D eigenvalue weighted by molar-refractivity contribution is 5.91. The Kier molecular flexibility index (Phi) is 11.3. The molecule has 0 saturated carbocycles. The van der Waals surface area contributed by atoms with Crippen LogP contribution < -0.4 is 14.2 Å². The molecule has 1 aliphatic rings. The van der Waals surface area contributed by atoms with Gasteiger partial charge in [0.1, 0.15) is 17.2 Å². The first-order chi connectivity index (χ1) is 22.6. The summed E-state index contributed by atoms with van der Waals surface area (Å²) in [5, 5.41) is 0. The number of hydrogen-bond acceptors (Lipinski definition) is 8. The van der Waals surface area contributed by atoms with Crippen LogP contribution in [0.5, 0.6) is 17.2 Å². The van der Waals surface area contributed by atoms with Crippen molar-refractivity contribution in [2.75, 3.05) is 13.2 Å². The molecule has 0 aliphatic carbocycles. The molecular formula is C29H23F12NO7. The average molecular weight is 725 g/mol. The number of alkyl halides is 12. The summed E-state index contributed by atoms with van der Waals surface area (Å²) in [6.45, 7) is 3.85. The Morgan fingerprint density at radius 3 is 1.59 bits per heavy atom. The van der Waals surface area contributed by atoms with Crippen LogP contribution in [0.2, 0.25) is 0 Å². The molecule has 0 amide bonds. The van der Waals surface area contributed by atoms with Gasteiger partial charge in [-0.2, -0.15) is 48.3 Å². The van der Waals surface area contributed by atoms with Crippen LogP contribution in [0.25, 0.3) is 0 Å². The minimum absolute atomic E-state index is 0.0506. The number of benzene rings is 2.